The minimum Gasteiger partial charge on any atom is -0.495 e. The number of amides is 1. The highest BCUT2D eigenvalue weighted by Gasteiger charge is 2.08. The zero-order valence-corrected chi connectivity index (χ0v) is 11.3. The molecule has 0 saturated carbocycles. The third kappa shape index (κ3) is 5.42. The fraction of sp³-hybridized carbons (Fsp3) is 0.429. The van der Waals surface area contributed by atoms with Crippen LogP contribution in [0.15, 0.2) is 24.3 Å². The van der Waals surface area contributed by atoms with Crippen LogP contribution in [0.1, 0.15) is 26.2 Å². The third-order valence-corrected chi connectivity index (χ3v) is 2.47. The normalized spacial score (nSPS) is 9.79. The van der Waals surface area contributed by atoms with Gasteiger partial charge in [-0.3, -0.25) is 9.59 Å². The fourth-order valence-corrected chi connectivity index (χ4v) is 1.59. The standard InChI is InChI=1S/C14H19NO4/c1-3-19-14(17)10-6-9-13(16)15-11-7-4-5-8-12(11)18-2/h4-5,7-8H,3,6,9-10H2,1-2H3,(H,15,16). The summed E-state index contributed by atoms with van der Waals surface area (Å²) in [5.41, 5.74) is 0.631. The Bertz CT molecular complexity index is 431. The average Bonchev–Trinajstić information content (AvgIpc) is 2.39. The summed E-state index contributed by atoms with van der Waals surface area (Å²) >= 11 is 0. The summed E-state index contributed by atoms with van der Waals surface area (Å²) in [6.45, 7) is 2.12. The van der Waals surface area contributed by atoms with E-state index in [0.29, 0.717) is 24.5 Å². The largest absolute Gasteiger partial charge is 0.495 e. The molecule has 0 unspecified atom stereocenters. The van der Waals surface area contributed by atoms with Crippen molar-refractivity contribution in [3.63, 3.8) is 0 Å². The molecule has 1 N–H and O–H groups in total. The number of anilines is 1. The van der Waals surface area contributed by atoms with Gasteiger partial charge in [-0.1, -0.05) is 12.1 Å². The average molecular weight is 265 g/mol. The maximum Gasteiger partial charge on any atom is 0.305 e. The number of nitrogens with one attached hydrogen (secondary N) is 1. The third-order valence-electron chi connectivity index (χ3n) is 2.47. The van der Waals surface area contributed by atoms with Gasteiger partial charge >= 0.3 is 5.97 Å². The molecule has 0 aliphatic carbocycles. The summed E-state index contributed by atoms with van der Waals surface area (Å²) in [5.74, 6) is 0.197. The number of hydrogen-bond acceptors (Lipinski definition) is 4. The molecule has 104 valence electrons. The van der Waals surface area contributed by atoms with Gasteiger partial charge < -0.3 is 14.8 Å². The molecule has 0 bridgehead atoms. The lowest BCUT2D eigenvalue weighted by atomic mass is 10.2. The van der Waals surface area contributed by atoms with Crippen molar-refractivity contribution in [2.75, 3.05) is 19.0 Å². The van der Waals surface area contributed by atoms with E-state index in [1.54, 1.807) is 26.2 Å². The predicted octanol–water partition coefficient (Wildman–Crippen LogP) is 2.37. The summed E-state index contributed by atoms with van der Waals surface area (Å²) in [4.78, 5) is 22.8. The van der Waals surface area contributed by atoms with Gasteiger partial charge in [0.25, 0.3) is 0 Å². The van der Waals surface area contributed by atoms with E-state index >= 15 is 0 Å². The first-order valence-electron chi connectivity index (χ1n) is 6.25. The molecule has 1 aromatic carbocycles. The molecule has 0 heterocycles. The Morgan fingerprint density at radius 1 is 1.21 bits per heavy atom. The van der Waals surface area contributed by atoms with Gasteiger partial charge in [0.05, 0.1) is 19.4 Å². The van der Waals surface area contributed by atoms with Gasteiger partial charge in [0.15, 0.2) is 0 Å². The highest BCUT2D eigenvalue weighted by atomic mass is 16.5. The molecule has 0 radical (unpaired) electrons. The molecule has 1 aromatic rings. The summed E-state index contributed by atoms with van der Waals surface area (Å²) in [7, 11) is 1.55. The molecule has 0 aromatic heterocycles. The van der Waals surface area contributed by atoms with E-state index in [0.717, 1.165) is 0 Å². The second-order valence-electron chi connectivity index (χ2n) is 3.91. The van der Waals surface area contributed by atoms with Gasteiger partial charge in [-0.25, -0.2) is 0 Å². The molecule has 0 fully saturated rings. The number of carbonyl (C=O) groups excluding carboxylic acids is 2. The Kier molecular flexibility index (Phi) is 6.43. The van der Waals surface area contributed by atoms with Gasteiger partial charge in [-0.15, -0.1) is 0 Å². The first-order chi connectivity index (χ1) is 9.17. The molecule has 0 aliphatic rings. The Morgan fingerprint density at radius 3 is 2.63 bits per heavy atom. The summed E-state index contributed by atoms with van der Waals surface area (Å²) in [6.07, 6.45) is 1.00. The quantitative estimate of drug-likeness (QED) is 0.769. The van der Waals surface area contributed by atoms with Crippen LogP contribution < -0.4 is 10.1 Å². The zero-order chi connectivity index (χ0) is 14.1. The van der Waals surface area contributed by atoms with E-state index in [2.05, 4.69) is 5.32 Å². The molecule has 5 nitrogen and oxygen atoms in total. The van der Waals surface area contributed by atoms with E-state index in [9.17, 15) is 9.59 Å². The highest BCUT2D eigenvalue weighted by molar-refractivity contribution is 5.92. The summed E-state index contributed by atoms with van der Waals surface area (Å²) < 4.78 is 9.92. The van der Waals surface area contributed by atoms with Crippen molar-refractivity contribution < 1.29 is 19.1 Å². The second kappa shape index (κ2) is 8.13. The van der Waals surface area contributed by atoms with Gasteiger partial charge in [0.2, 0.25) is 5.91 Å². The molecule has 5 heteroatoms. The lowest BCUT2D eigenvalue weighted by Crippen LogP contribution is -2.13. The minimum atomic E-state index is -0.271. The van der Waals surface area contributed by atoms with E-state index in [1.165, 1.54) is 0 Å². The SMILES string of the molecule is CCOC(=O)CCCC(=O)Nc1ccccc1OC. The Labute approximate surface area is 112 Å². The maximum absolute atomic E-state index is 11.7. The van der Waals surface area contributed by atoms with Crippen molar-refractivity contribution in [2.45, 2.75) is 26.2 Å². The molecular weight excluding hydrogens is 246 g/mol. The van der Waals surface area contributed by atoms with E-state index in [-0.39, 0.29) is 24.7 Å². The molecule has 0 atom stereocenters. The second-order valence-corrected chi connectivity index (χ2v) is 3.91. The Morgan fingerprint density at radius 2 is 1.95 bits per heavy atom. The minimum absolute atomic E-state index is 0.145. The number of esters is 1. The van der Waals surface area contributed by atoms with Crippen molar-refractivity contribution in [1.29, 1.82) is 0 Å². The summed E-state index contributed by atoms with van der Waals surface area (Å²) in [6, 6.07) is 7.18. The molecular formula is C14H19NO4. The first-order valence-corrected chi connectivity index (χ1v) is 6.25. The maximum atomic E-state index is 11.7. The number of ether oxygens (including phenoxy) is 2. The monoisotopic (exact) mass is 265 g/mol. The van der Waals surface area contributed by atoms with Crippen LogP contribution in [0.3, 0.4) is 0 Å². The molecule has 19 heavy (non-hydrogen) atoms. The number of carbonyl (C=O) groups is 2. The van der Waals surface area contributed by atoms with Crippen molar-refractivity contribution >= 4 is 17.6 Å². The van der Waals surface area contributed by atoms with Crippen molar-refractivity contribution in [3.05, 3.63) is 24.3 Å². The Balaban J connectivity index is 2.37. The fourth-order valence-electron chi connectivity index (χ4n) is 1.59. The lowest BCUT2D eigenvalue weighted by molar-refractivity contribution is -0.143. The molecule has 0 spiro atoms. The van der Waals surface area contributed by atoms with Gasteiger partial charge in [-0.2, -0.15) is 0 Å². The van der Waals surface area contributed by atoms with E-state index < -0.39 is 0 Å². The van der Waals surface area contributed by atoms with E-state index in [4.69, 9.17) is 9.47 Å². The molecule has 0 aliphatic heterocycles. The van der Waals surface area contributed by atoms with Crippen molar-refractivity contribution in [1.82, 2.24) is 0 Å². The predicted molar refractivity (Wildman–Crippen MR) is 72.1 cm³/mol. The van der Waals surface area contributed by atoms with Gasteiger partial charge in [0.1, 0.15) is 5.75 Å². The number of benzene rings is 1. The van der Waals surface area contributed by atoms with E-state index in [1.807, 2.05) is 12.1 Å². The van der Waals surface area contributed by atoms with Crippen LogP contribution >= 0.6 is 0 Å². The lowest BCUT2D eigenvalue weighted by Gasteiger charge is -2.09. The molecule has 1 rings (SSSR count). The smallest absolute Gasteiger partial charge is 0.305 e. The van der Waals surface area contributed by atoms with Crippen LogP contribution in [0.25, 0.3) is 0 Å². The van der Waals surface area contributed by atoms with Crippen molar-refractivity contribution in [2.24, 2.45) is 0 Å². The number of hydrogen-bond donors (Lipinski definition) is 1. The van der Waals surface area contributed by atoms with Gasteiger partial charge in [0, 0.05) is 12.8 Å². The number of rotatable bonds is 7. The van der Waals surface area contributed by atoms with Crippen LogP contribution in [-0.4, -0.2) is 25.6 Å². The topological polar surface area (TPSA) is 64.6 Å². The van der Waals surface area contributed by atoms with Crippen LogP contribution in [0.5, 0.6) is 5.75 Å². The molecule has 0 saturated heterocycles. The van der Waals surface area contributed by atoms with Crippen LogP contribution in [-0.2, 0) is 14.3 Å². The van der Waals surface area contributed by atoms with Crippen LogP contribution in [0, 0.1) is 0 Å². The number of methoxy groups -OCH3 is 1. The van der Waals surface area contributed by atoms with Gasteiger partial charge in [-0.05, 0) is 25.5 Å². The Hall–Kier alpha value is -2.04. The highest BCUT2D eigenvalue weighted by Crippen LogP contribution is 2.23. The summed E-state index contributed by atoms with van der Waals surface area (Å²) in [5, 5.41) is 2.75. The molecule has 1 amide bonds. The zero-order valence-electron chi connectivity index (χ0n) is 11.3. The first kappa shape index (κ1) is 15.0. The van der Waals surface area contributed by atoms with Crippen LogP contribution in [0.4, 0.5) is 5.69 Å². The van der Waals surface area contributed by atoms with Crippen molar-refractivity contribution in [3.8, 4) is 5.75 Å². The van der Waals surface area contributed by atoms with Crippen LogP contribution in [0.2, 0.25) is 0 Å². The number of para-hydroxylation sites is 2.